The molecule has 72 valence electrons. The van der Waals surface area contributed by atoms with Crippen molar-refractivity contribution in [2.24, 2.45) is 5.73 Å². The van der Waals surface area contributed by atoms with Crippen LogP contribution in [0.3, 0.4) is 0 Å². The molecule has 0 aliphatic heterocycles. The van der Waals surface area contributed by atoms with Gasteiger partial charge in [-0.1, -0.05) is 6.92 Å². The van der Waals surface area contributed by atoms with Gasteiger partial charge in [0.05, 0.1) is 0 Å². The average Bonchev–Trinajstić information content (AvgIpc) is 2.10. The van der Waals surface area contributed by atoms with Gasteiger partial charge in [-0.05, 0) is 53.6 Å². The van der Waals surface area contributed by atoms with Crippen LogP contribution in [-0.4, -0.2) is 5.11 Å². The van der Waals surface area contributed by atoms with Gasteiger partial charge in [0.25, 0.3) is 0 Å². The standard InChI is InChI=1S/C10H14INO/c1-3-9(12)8-5-7(11)4-6(2)10(8)13/h4-5,9,13H,3,12H2,1-2H3/t9-/m1/s1. The summed E-state index contributed by atoms with van der Waals surface area (Å²) < 4.78 is 1.12. The highest BCUT2D eigenvalue weighted by atomic mass is 127. The van der Waals surface area contributed by atoms with Gasteiger partial charge in [0.2, 0.25) is 0 Å². The maximum atomic E-state index is 9.74. The van der Waals surface area contributed by atoms with Crippen molar-refractivity contribution in [3.63, 3.8) is 0 Å². The predicted molar refractivity (Wildman–Crippen MR) is 62.8 cm³/mol. The monoisotopic (exact) mass is 291 g/mol. The van der Waals surface area contributed by atoms with Crippen molar-refractivity contribution < 1.29 is 5.11 Å². The normalized spacial score (nSPS) is 12.9. The number of phenols is 1. The minimum absolute atomic E-state index is 0.0617. The summed E-state index contributed by atoms with van der Waals surface area (Å²) in [5.41, 5.74) is 7.62. The molecule has 0 amide bonds. The molecule has 1 aromatic rings. The summed E-state index contributed by atoms with van der Waals surface area (Å²) in [4.78, 5) is 0. The van der Waals surface area contributed by atoms with Gasteiger partial charge in [-0.15, -0.1) is 0 Å². The molecule has 3 N–H and O–H groups in total. The van der Waals surface area contributed by atoms with Crippen molar-refractivity contribution in [2.45, 2.75) is 26.3 Å². The van der Waals surface area contributed by atoms with Crippen molar-refractivity contribution in [2.75, 3.05) is 0 Å². The molecule has 0 aliphatic rings. The molecule has 13 heavy (non-hydrogen) atoms. The molecular formula is C10H14INO. The molecular weight excluding hydrogens is 277 g/mol. The molecule has 2 nitrogen and oxygen atoms in total. The Balaban J connectivity index is 3.20. The summed E-state index contributed by atoms with van der Waals surface area (Å²) in [5.74, 6) is 0.342. The number of rotatable bonds is 2. The zero-order chi connectivity index (χ0) is 10.0. The molecule has 0 aromatic heterocycles. The van der Waals surface area contributed by atoms with Crippen LogP contribution < -0.4 is 5.73 Å². The highest BCUT2D eigenvalue weighted by molar-refractivity contribution is 14.1. The van der Waals surface area contributed by atoms with Crippen LogP contribution in [0.25, 0.3) is 0 Å². The van der Waals surface area contributed by atoms with Crippen molar-refractivity contribution in [3.8, 4) is 5.75 Å². The quantitative estimate of drug-likeness (QED) is 0.823. The summed E-state index contributed by atoms with van der Waals surface area (Å²) >= 11 is 2.23. The van der Waals surface area contributed by atoms with E-state index >= 15 is 0 Å². The lowest BCUT2D eigenvalue weighted by Gasteiger charge is -2.13. The molecule has 1 atom stereocenters. The topological polar surface area (TPSA) is 46.2 Å². The van der Waals surface area contributed by atoms with E-state index in [0.717, 1.165) is 21.1 Å². The van der Waals surface area contributed by atoms with E-state index in [1.165, 1.54) is 0 Å². The van der Waals surface area contributed by atoms with Crippen molar-refractivity contribution in [1.29, 1.82) is 0 Å². The van der Waals surface area contributed by atoms with Gasteiger partial charge < -0.3 is 10.8 Å². The lowest BCUT2D eigenvalue weighted by atomic mass is 10.0. The minimum Gasteiger partial charge on any atom is -0.507 e. The van der Waals surface area contributed by atoms with Gasteiger partial charge in [-0.25, -0.2) is 0 Å². The third-order valence-electron chi connectivity index (χ3n) is 2.13. The number of benzene rings is 1. The van der Waals surface area contributed by atoms with Crippen molar-refractivity contribution in [3.05, 3.63) is 26.8 Å². The third kappa shape index (κ3) is 2.34. The van der Waals surface area contributed by atoms with E-state index in [1.54, 1.807) is 0 Å². The largest absolute Gasteiger partial charge is 0.507 e. The first kappa shape index (κ1) is 10.8. The molecule has 1 aromatic carbocycles. The maximum Gasteiger partial charge on any atom is 0.123 e. The van der Waals surface area contributed by atoms with E-state index in [2.05, 4.69) is 22.6 Å². The second kappa shape index (κ2) is 4.28. The van der Waals surface area contributed by atoms with Crippen molar-refractivity contribution >= 4 is 22.6 Å². The molecule has 0 saturated carbocycles. The summed E-state index contributed by atoms with van der Waals surface area (Å²) in [6.07, 6.45) is 0.840. The van der Waals surface area contributed by atoms with Gasteiger partial charge in [0.1, 0.15) is 5.75 Å². The number of aromatic hydroxyl groups is 1. The van der Waals surface area contributed by atoms with E-state index < -0.39 is 0 Å². The Labute approximate surface area is 92.3 Å². The zero-order valence-corrected chi connectivity index (χ0v) is 10.00. The Morgan fingerprint density at radius 1 is 1.54 bits per heavy atom. The summed E-state index contributed by atoms with van der Waals surface area (Å²) in [5, 5.41) is 9.74. The second-order valence-corrected chi connectivity index (χ2v) is 4.42. The van der Waals surface area contributed by atoms with Crippen LogP contribution in [0.2, 0.25) is 0 Å². The number of hydrogen-bond acceptors (Lipinski definition) is 2. The van der Waals surface area contributed by atoms with Gasteiger partial charge >= 0.3 is 0 Å². The highest BCUT2D eigenvalue weighted by Crippen LogP contribution is 2.29. The molecule has 0 spiro atoms. The van der Waals surface area contributed by atoms with E-state index in [0.29, 0.717) is 5.75 Å². The Morgan fingerprint density at radius 2 is 2.15 bits per heavy atom. The number of halogens is 1. The van der Waals surface area contributed by atoms with E-state index in [1.807, 2.05) is 26.0 Å². The number of hydrogen-bond donors (Lipinski definition) is 2. The molecule has 3 heteroatoms. The number of phenolic OH excluding ortho intramolecular Hbond substituents is 1. The van der Waals surface area contributed by atoms with Gasteiger partial charge in [0.15, 0.2) is 0 Å². The molecule has 0 heterocycles. The molecule has 1 rings (SSSR count). The molecule has 0 fully saturated rings. The van der Waals surface area contributed by atoms with E-state index in [9.17, 15) is 5.11 Å². The van der Waals surface area contributed by atoms with Crippen LogP contribution in [0, 0.1) is 10.5 Å². The lowest BCUT2D eigenvalue weighted by Crippen LogP contribution is -2.09. The van der Waals surface area contributed by atoms with Gasteiger partial charge in [0, 0.05) is 15.2 Å². The van der Waals surface area contributed by atoms with Gasteiger partial charge in [-0.3, -0.25) is 0 Å². The third-order valence-corrected chi connectivity index (χ3v) is 2.76. The average molecular weight is 291 g/mol. The fraction of sp³-hybridized carbons (Fsp3) is 0.400. The second-order valence-electron chi connectivity index (χ2n) is 3.18. The molecule has 0 unspecified atom stereocenters. The predicted octanol–water partition coefficient (Wildman–Crippen LogP) is 2.72. The van der Waals surface area contributed by atoms with Gasteiger partial charge in [-0.2, -0.15) is 0 Å². The van der Waals surface area contributed by atoms with Crippen LogP contribution in [0.15, 0.2) is 12.1 Å². The first-order valence-corrected chi connectivity index (χ1v) is 5.38. The molecule has 0 saturated heterocycles. The Morgan fingerprint density at radius 3 is 2.69 bits per heavy atom. The van der Waals surface area contributed by atoms with Crippen LogP contribution in [0.1, 0.15) is 30.5 Å². The zero-order valence-electron chi connectivity index (χ0n) is 7.84. The number of nitrogens with two attached hydrogens (primary N) is 1. The molecule has 0 aliphatic carbocycles. The Bertz CT molecular complexity index is 312. The SMILES string of the molecule is CC[C@@H](N)c1cc(I)cc(C)c1O. The van der Waals surface area contributed by atoms with Crippen LogP contribution >= 0.6 is 22.6 Å². The molecule has 0 radical (unpaired) electrons. The Kier molecular flexibility index (Phi) is 3.55. The summed E-state index contributed by atoms with van der Waals surface area (Å²) in [6, 6.07) is 3.83. The lowest BCUT2D eigenvalue weighted by molar-refractivity contribution is 0.456. The first-order chi connectivity index (χ1) is 6.06. The van der Waals surface area contributed by atoms with E-state index in [-0.39, 0.29) is 6.04 Å². The summed E-state index contributed by atoms with van der Waals surface area (Å²) in [6.45, 7) is 3.91. The molecule has 0 bridgehead atoms. The smallest absolute Gasteiger partial charge is 0.123 e. The van der Waals surface area contributed by atoms with Crippen LogP contribution in [0.4, 0.5) is 0 Å². The highest BCUT2D eigenvalue weighted by Gasteiger charge is 2.11. The fourth-order valence-corrected chi connectivity index (χ4v) is 2.07. The first-order valence-electron chi connectivity index (χ1n) is 4.30. The maximum absolute atomic E-state index is 9.74. The minimum atomic E-state index is -0.0617. The van der Waals surface area contributed by atoms with Crippen molar-refractivity contribution in [1.82, 2.24) is 0 Å². The number of aryl methyl sites for hydroxylation is 1. The van der Waals surface area contributed by atoms with E-state index in [4.69, 9.17) is 5.73 Å². The fourth-order valence-electron chi connectivity index (χ4n) is 1.26. The summed E-state index contributed by atoms with van der Waals surface area (Å²) in [7, 11) is 0. The van der Waals surface area contributed by atoms with Crippen LogP contribution in [-0.2, 0) is 0 Å². The Hall–Kier alpha value is -0.290. The van der Waals surface area contributed by atoms with Crippen LogP contribution in [0.5, 0.6) is 5.75 Å².